The van der Waals surface area contributed by atoms with Crippen molar-refractivity contribution in [3.8, 4) is 17.1 Å². The molecular formula is C24H36N6O2. The van der Waals surface area contributed by atoms with Gasteiger partial charge in [0.05, 0.1) is 31.1 Å². The lowest BCUT2D eigenvalue weighted by molar-refractivity contribution is 0.248. The highest BCUT2D eigenvalue weighted by atomic mass is 16.5. The first-order chi connectivity index (χ1) is 15.3. The number of hydrogen-bond donors (Lipinski definition) is 3. The van der Waals surface area contributed by atoms with Gasteiger partial charge in [0.2, 0.25) is 5.95 Å². The summed E-state index contributed by atoms with van der Waals surface area (Å²) in [6.45, 7) is 13.3. The Morgan fingerprint density at radius 3 is 2.25 bits per heavy atom. The Hall–Kier alpha value is -2.87. The molecule has 1 unspecified atom stereocenters. The van der Waals surface area contributed by atoms with Gasteiger partial charge in [0.25, 0.3) is 0 Å². The molecule has 174 valence electrons. The van der Waals surface area contributed by atoms with Crippen LogP contribution in [0.5, 0.6) is 5.75 Å². The van der Waals surface area contributed by atoms with Crippen molar-refractivity contribution in [2.24, 2.45) is 5.92 Å². The molecule has 0 spiro atoms. The summed E-state index contributed by atoms with van der Waals surface area (Å²) in [5.74, 6) is 2.66. The average Bonchev–Trinajstić information content (AvgIpc) is 3.20. The van der Waals surface area contributed by atoms with Gasteiger partial charge >= 0.3 is 0 Å². The highest BCUT2D eigenvalue weighted by molar-refractivity contribution is 5.75. The van der Waals surface area contributed by atoms with E-state index < -0.39 is 0 Å². The van der Waals surface area contributed by atoms with Crippen molar-refractivity contribution in [3.05, 3.63) is 35.5 Å². The Kier molecular flexibility index (Phi) is 7.56. The van der Waals surface area contributed by atoms with Crippen LogP contribution >= 0.6 is 0 Å². The molecule has 1 aromatic rings. The van der Waals surface area contributed by atoms with Crippen molar-refractivity contribution in [2.45, 2.75) is 66.1 Å². The van der Waals surface area contributed by atoms with Crippen LogP contribution < -0.4 is 15.4 Å². The number of benzene rings is 1. The standard InChI is InChI=1S/C24H36N6O2/c1-14(2)19(13-31)26-24-27-23(25-12-17-8-10-18(32-7)11-9-17)21-22(30(24)16(5)6)20(15(3)4)28-29-21/h8-11,14-16,19,25,31H,12-13H2,1-7H3,(H,26,27). The number of aliphatic hydroxyl groups is 1. The molecule has 8 heteroatoms. The third-order valence-corrected chi connectivity index (χ3v) is 5.63. The Labute approximate surface area is 190 Å². The van der Waals surface area contributed by atoms with Crippen LogP contribution in [0.25, 0.3) is 11.4 Å². The van der Waals surface area contributed by atoms with Crippen molar-refractivity contribution >= 4 is 11.8 Å². The number of ether oxygens (including phenoxy) is 1. The van der Waals surface area contributed by atoms with Crippen molar-refractivity contribution in [1.29, 1.82) is 0 Å². The molecule has 0 saturated heterocycles. The van der Waals surface area contributed by atoms with Crippen molar-refractivity contribution in [1.82, 2.24) is 19.7 Å². The number of rotatable bonds is 10. The molecule has 3 rings (SSSR count). The minimum atomic E-state index is -0.113. The predicted molar refractivity (Wildman–Crippen MR) is 129 cm³/mol. The first kappa shape index (κ1) is 23.8. The van der Waals surface area contributed by atoms with Gasteiger partial charge in [0, 0.05) is 12.6 Å². The Morgan fingerprint density at radius 2 is 1.72 bits per heavy atom. The zero-order chi connectivity index (χ0) is 23.4. The molecule has 2 heterocycles. The molecular weight excluding hydrogens is 404 g/mol. The minimum absolute atomic E-state index is 0.0264. The molecule has 2 aliphatic rings. The van der Waals surface area contributed by atoms with E-state index in [-0.39, 0.29) is 30.5 Å². The Balaban J connectivity index is 2.06. The molecule has 0 radical (unpaired) electrons. The van der Waals surface area contributed by atoms with E-state index in [1.807, 2.05) is 24.3 Å². The van der Waals surface area contributed by atoms with Gasteiger partial charge in [0.1, 0.15) is 5.75 Å². The van der Waals surface area contributed by atoms with Gasteiger partial charge in [-0.15, -0.1) is 5.10 Å². The van der Waals surface area contributed by atoms with Crippen molar-refractivity contribution < 1.29 is 9.84 Å². The first-order valence-electron chi connectivity index (χ1n) is 11.3. The lowest BCUT2D eigenvalue weighted by atomic mass is 10.0. The van der Waals surface area contributed by atoms with E-state index in [9.17, 15) is 5.11 Å². The monoisotopic (exact) mass is 440 g/mol. The molecule has 0 bridgehead atoms. The van der Waals surface area contributed by atoms with Crippen LogP contribution in [0, 0.1) is 5.92 Å². The van der Waals surface area contributed by atoms with Crippen LogP contribution in [-0.2, 0) is 6.54 Å². The van der Waals surface area contributed by atoms with E-state index in [0.717, 1.165) is 28.4 Å². The van der Waals surface area contributed by atoms with Gasteiger partial charge in [-0.2, -0.15) is 10.1 Å². The molecule has 0 saturated carbocycles. The number of fused-ring (bicyclic) bond motifs is 1. The van der Waals surface area contributed by atoms with Crippen LogP contribution in [0.4, 0.5) is 11.8 Å². The Morgan fingerprint density at radius 1 is 1.03 bits per heavy atom. The second-order valence-electron chi connectivity index (χ2n) is 9.06. The van der Waals surface area contributed by atoms with Gasteiger partial charge in [-0.05, 0) is 43.4 Å². The smallest absolute Gasteiger partial charge is 0.205 e. The average molecular weight is 441 g/mol. The summed E-state index contributed by atoms with van der Waals surface area (Å²) >= 11 is 0. The molecule has 0 aliphatic carbocycles. The van der Waals surface area contributed by atoms with Crippen LogP contribution in [0.1, 0.15) is 64.8 Å². The van der Waals surface area contributed by atoms with E-state index in [4.69, 9.17) is 9.72 Å². The maximum absolute atomic E-state index is 9.92. The summed E-state index contributed by atoms with van der Waals surface area (Å²) in [6.07, 6.45) is 0. The Bertz CT molecular complexity index is 981. The first-order valence-corrected chi connectivity index (χ1v) is 11.3. The maximum Gasteiger partial charge on any atom is 0.205 e. The third kappa shape index (κ3) is 4.96. The molecule has 0 amide bonds. The molecule has 0 aromatic heterocycles. The summed E-state index contributed by atoms with van der Waals surface area (Å²) in [6, 6.07) is 7.96. The van der Waals surface area contributed by atoms with Crippen LogP contribution in [0.3, 0.4) is 0 Å². The number of aliphatic hydroxyl groups excluding tert-OH is 1. The fraction of sp³-hybridized carbons (Fsp3) is 0.542. The summed E-state index contributed by atoms with van der Waals surface area (Å²) in [5.41, 5.74) is 3.78. The second kappa shape index (κ2) is 10.2. The number of hydrogen-bond acceptors (Lipinski definition) is 7. The van der Waals surface area contributed by atoms with Crippen LogP contribution in [0.2, 0.25) is 0 Å². The largest absolute Gasteiger partial charge is 0.497 e. The van der Waals surface area contributed by atoms with E-state index in [1.165, 1.54) is 0 Å². The van der Waals surface area contributed by atoms with Crippen LogP contribution in [0.15, 0.2) is 24.3 Å². The number of nitrogens with zero attached hydrogens (tertiary/aromatic N) is 4. The van der Waals surface area contributed by atoms with E-state index in [1.54, 1.807) is 7.11 Å². The quantitative estimate of drug-likeness (QED) is 0.426. The number of anilines is 2. The third-order valence-electron chi connectivity index (χ3n) is 5.63. The normalized spacial score (nSPS) is 12.7. The van der Waals surface area contributed by atoms with Crippen molar-refractivity contribution in [2.75, 3.05) is 24.4 Å². The van der Waals surface area contributed by atoms with Crippen LogP contribution in [-0.4, -0.2) is 44.6 Å². The van der Waals surface area contributed by atoms with Gasteiger partial charge in [0.15, 0.2) is 11.5 Å². The number of nitrogens with one attached hydrogen (secondary N) is 2. The highest BCUT2D eigenvalue weighted by Gasteiger charge is 2.29. The molecule has 8 nitrogen and oxygen atoms in total. The number of methoxy groups -OCH3 is 1. The van der Waals surface area contributed by atoms with Gasteiger partial charge in [-0.1, -0.05) is 39.8 Å². The molecule has 1 aromatic carbocycles. The topological polar surface area (TPSA) is 97.1 Å². The predicted octanol–water partition coefficient (Wildman–Crippen LogP) is 4.53. The zero-order valence-corrected chi connectivity index (χ0v) is 20.2. The lowest BCUT2D eigenvalue weighted by Gasteiger charge is -2.28. The van der Waals surface area contributed by atoms with Gasteiger partial charge < -0.3 is 25.0 Å². The van der Waals surface area contributed by atoms with Gasteiger partial charge in [-0.3, -0.25) is 0 Å². The fourth-order valence-corrected chi connectivity index (χ4v) is 3.67. The maximum atomic E-state index is 9.92. The highest BCUT2D eigenvalue weighted by Crippen LogP contribution is 2.37. The summed E-state index contributed by atoms with van der Waals surface area (Å²) in [5, 5.41) is 25.8. The molecule has 2 aliphatic heterocycles. The zero-order valence-electron chi connectivity index (χ0n) is 20.2. The van der Waals surface area contributed by atoms with E-state index in [2.05, 4.69) is 66.9 Å². The van der Waals surface area contributed by atoms with Gasteiger partial charge in [-0.25, -0.2) is 0 Å². The lowest BCUT2D eigenvalue weighted by Crippen LogP contribution is -2.32. The fourth-order valence-electron chi connectivity index (χ4n) is 3.67. The molecule has 1 atom stereocenters. The summed E-state index contributed by atoms with van der Waals surface area (Å²) in [4.78, 5) is 4.92. The van der Waals surface area contributed by atoms with Crippen molar-refractivity contribution in [3.63, 3.8) is 0 Å². The molecule has 3 N–H and O–H groups in total. The minimum Gasteiger partial charge on any atom is -0.497 e. The summed E-state index contributed by atoms with van der Waals surface area (Å²) < 4.78 is 7.40. The summed E-state index contributed by atoms with van der Waals surface area (Å²) in [7, 11) is 1.66. The molecule has 32 heavy (non-hydrogen) atoms. The van der Waals surface area contributed by atoms with E-state index >= 15 is 0 Å². The van der Waals surface area contributed by atoms with E-state index in [0.29, 0.717) is 18.3 Å². The molecule has 0 fully saturated rings. The number of aromatic nitrogens is 4. The SMILES string of the molecule is COc1ccc(CNc2nc(NC(CO)C(C)C)n(C(C)C)c3c(C(C)C)nnc2-3)cc1. The second-order valence-corrected chi connectivity index (χ2v) is 9.06.